The Morgan fingerprint density at radius 1 is 1.17 bits per heavy atom. The Morgan fingerprint density at radius 3 is 1.67 bits per heavy atom. The van der Waals surface area contributed by atoms with Crippen LogP contribution in [0.2, 0.25) is 0 Å². The van der Waals surface area contributed by atoms with Crippen LogP contribution in [0.5, 0.6) is 0 Å². The Hall–Kier alpha value is -0.890. The van der Waals surface area contributed by atoms with E-state index in [-0.39, 0.29) is 13.3 Å². The van der Waals surface area contributed by atoms with Crippen molar-refractivity contribution in [1.82, 2.24) is 9.80 Å². The molecule has 0 aromatic rings. The third kappa shape index (κ3) is 1.12. The second-order valence-electron chi connectivity index (χ2n) is 2.41. The first-order chi connectivity index (χ1) is 5.63. The van der Waals surface area contributed by atoms with Gasteiger partial charge >= 0.3 is 6.03 Å². The first kappa shape index (κ1) is 9.20. The molecule has 2 atom stereocenters. The third-order valence-corrected chi connectivity index (χ3v) is 1.79. The molecule has 70 valence electrons. The number of nitrogens with two attached hydrogens (primary N) is 2. The zero-order valence-electron chi connectivity index (χ0n) is 6.42. The Morgan fingerprint density at radius 2 is 1.50 bits per heavy atom. The van der Waals surface area contributed by atoms with Crippen molar-refractivity contribution < 1.29 is 15.0 Å². The summed E-state index contributed by atoms with van der Waals surface area (Å²) >= 11 is 0. The monoisotopic (exact) mass is 176 g/mol. The molecule has 12 heavy (non-hydrogen) atoms. The molecule has 1 saturated heterocycles. The summed E-state index contributed by atoms with van der Waals surface area (Å²) in [5.74, 6) is 0. The van der Waals surface area contributed by atoms with E-state index in [0.717, 1.165) is 9.80 Å². The van der Waals surface area contributed by atoms with Gasteiger partial charge in [0.25, 0.3) is 0 Å². The Labute approximate surface area is 69.1 Å². The number of aliphatic hydroxyl groups excluding tert-OH is 2. The van der Waals surface area contributed by atoms with Crippen LogP contribution in [0.4, 0.5) is 4.79 Å². The number of amides is 2. The van der Waals surface area contributed by atoms with E-state index in [2.05, 4.69) is 0 Å². The molecule has 7 heteroatoms. The highest BCUT2D eigenvalue weighted by Crippen LogP contribution is 2.16. The molecule has 2 unspecified atom stereocenters. The summed E-state index contributed by atoms with van der Waals surface area (Å²) in [6.07, 6.45) is -2.57. The predicted octanol–water partition coefficient (Wildman–Crippen LogP) is -2.81. The van der Waals surface area contributed by atoms with Crippen molar-refractivity contribution in [3.8, 4) is 0 Å². The highest BCUT2D eigenvalue weighted by Gasteiger charge is 2.42. The maximum absolute atomic E-state index is 11.2. The van der Waals surface area contributed by atoms with E-state index in [1.807, 2.05) is 0 Å². The van der Waals surface area contributed by atoms with Crippen LogP contribution in [-0.2, 0) is 0 Å². The average Bonchev–Trinajstić information content (AvgIpc) is 2.25. The molecule has 0 radical (unpaired) electrons. The zero-order chi connectivity index (χ0) is 9.30. The van der Waals surface area contributed by atoms with Crippen molar-refractivity contribution in [3.63, 3.8) is 0 Å². The number of rotatable bonds is 2. The molecule has 1 aliphatic rings. The summed E-state index contributed by atoms with van der Waals surface area (Å²) in [6, 6.07) is -0.556. The molecule has 0 aromatic carbocycles. The molecule has 6 N–H and O–H groups in total. The smallest absolute Gasteiger partial charge is 0.326 e. The third-order valence-electron chi connectivity index (χ3n) is 1.79. The lowest BCUT2D eigenvalue weighted by Gasteiger charge is -2.16. The maximum atomic E-state index is 11.2. The van der Waals surface area contributed by atoms with Gasteiger partial charge in [-0.1, -0.05) is 0 Å². The second-order valence-corrected chi connectivity index (χ2v) is 2.41. The van der Waals surface area contributed by atoms with Crippen LogP contribution >= 0.6 is 0 Å². The fourth-order valence-corrected chi connectivity index (χ4v) is 1.09. The van der Waals surface area contributed by atoms with E-state index in [4.69, 9.17) is 11.5 Å². The highest BCUT2D eigenvalue weighted by molar-refractivity contribution is 5.77. The molecule has 0 saturated carbocycles. The lowest BCUT2D eigenvalue weighted by molar-refractivity contribution is -0.0651. The van der Waals surface area contributed by atoms with Gasteiger partial charge in [-0.2, -0.15) is 0 Å². The Balaban J connectivity index is 2.78. The fourth-order valence-electron chi connectivity index (χ4n) is 1.09. The van der Waals surface area contributed by atoms with Crippen molar-refractivity contribution in [2.75, 3.05) is 13.3 Å². The van der Waals surface area contributed by atoms with E-state index in [1.165, 1.54) is 0 Å². The molecule has 2 amide bonds. The van der Waals surface area contributed by atoms with Crippen LogP contribution in [0.15, 0.2) is 0 Å². The van der Waals surface area contributed by atoms with Crippen molar-refractivity contribution in [1.29, 1.82) is 0 Å². The van der Waals surface area contributed by atoms with Crippen molar-refractivity contribution >= 4 is 6.03 Å². The van der Waals surface area contributed by atoms with E-state index in [1.54, 1.807) is 0 Å². The molecule has 1 rings (SSSR count). The maximum Gasteiger partial charge on any atom is 0.326 e. The molecule has 0 bridgehead atoms. The minimum absolute atomic E-state index is 0.145. The number of aliphatic hydroxyl groups is 2. The van der Waals surface area contributed by atoms with Gasteiger partial charge in [0, 0.05) is 0 Å². The van der Waals surface area contributed by atoms with Gasteiger partial charge in [0.2, 0.25) is 0 Å². The SMILES string of the molecule is NCN1C(=O)N(CN)C(O)C1O. The molecule has 0 spiro atoms. The Bertz CT molecular complexity index is 170. The van der Waals surface area contributed by atoms with Gasteiger partial charge in [0.15, 0.2) is 12.5 Å². The summed E-state index contributed by atoms with van der Waals surface area (Å²) in [7, 11) is 0. The molecular formula is C5H12N4O3. The largest absolute Gasteiger partial charge is 0.369 e. The summed E-state index contributed by atoms with van der Waals surface area (Å²) in [5.41, 5.74) is 10.3. The lowest BCUT2D eigenvalue weighted by atomic mass is 10.5. The van der Waals surface area contributed by atoms with Gasteiger partial charge in [0.05, 0.1) is 13.3 Å². The van der Waals surface area contributed by atoms with E-state index < -0.39 is 18.5 Å². The van der Waals surface area contributed by atoms with Gasteiger partial charge in [-0.05, 0) is 0 Å². The molecule has 1 heterocycles. The van der Waals surface area contributed by atoms with Crippen LogP contribution in [0.25, 0.3) is 0 Å². The minimum Gasteiger partial charge on any atom is -0.369 e. The molecule has 7 nitrogen and oxygen atoms in total. The van der Waals surface area contributed by atoms with Crippen LogP contribution in [0.1, 0.15) is 0 Å². The lowest BCUT2D eigenvalue weighted by Crippen LogP contribution is -2.40. The normalized spacial score (nSPS) is 30.2. The van der Waals surface area contributed by atoms with E-state index in [0.29, 0.717) is 0 Å². The van der Waals surface area contributed by atoms with Crippen LogP contribution in [0, 0.1) is 0 Å². The topological polar surface area (TPSA) is 116 Å². The predicted molar refractivity (Wildman–Crippen MR) is 39.2 cm³/mol. The number of urea groups is 1. The summed E-state index contributed by atoms with van der Waals surface area (Å²) in [5, 5.41) is 18.4. The zero-order valence-corrected chi connectivity index (χ0v) is 6.42. The second kappa shape index (κ2) is 3.23. The van der Waals surface area contributed by atoms with Gasteiger partial charge in [-0.25, -0.2) is 4.79 Å². The van der Waals surface area contributed by atoms with Crippen molar-refractivity contribution in [3.05, 3.63) is 0 Å². The molecule has 1 fully saturated rings. The van der Waals surface area contributed by atoms with Crippen LogP contribution in [0.3, 0.4) is 0 Å². The minimum atomic E-state index is -1.29. The number of hydrogen-bond acceptors (Lipinski definition) is 5. The van der Waals surface area contributed by atoms with Gasteiger partial charge in [-0.3, -0.25) is 9.80 Å². The highest BCUT2D eigenvalue weighted by atomic mass is 16.4. The summed E-state index contributed by atoms with van der Waals surface area (Å²) < 4.78 is 0. The molecule has 0 aliphatic carbocycles. The van der Waals surface area contributed by atoms with Gasteiger partial charge < -0.3 is 21.7 Å². The van der Waals surface area contributed by atoms with Crippen LogP contribution < -0.4 is 11.5 Å². The fraction of sp³-hybridized carbons (Fsp3) is 0.800. The van der Waals surface area contributed by atoms with Crippen molar-refractivity contribution in [2.24, 2.45) is 11.5 Å². The quantitative estimate of drug-likeness (QED) is 0.362. The number of carbonyl (C=O) groups excluding carboxylic acids is 1. The number of hydrogen-bond donors (Lipinski definition) is 4. The summed E-state index contributed by atoms with van der Waals surface area (Å²) in [6.45, 7) is -0.291. The van der Waals surface area contributed by atoms with E-state index >= 15 is 0 Å². The first-order valence-corrected chi connectivity index (χ1v) is 3.47. The Kier molecular flexibility index (Phi) is 2.48. The molecule has 0 aromatic heterocycles. The standard InChI is InChI=1S/C5H12N4O3/c6-1-8-3(10)4(11)9(2-7)5(8)12/h3-4,10-11H,1-2,6-7H2. The average molecular weight is 176 g/mol. The van der Waals surface area contributed by atoms with Gasteiger partial charge in [0.1, 0.15) is 0 Å². The van der Waals surface area contributed by atoms with Gasteiger partial charge in [-0.15, -0.1) is 0 Å². The first-order valence-electron chi connectivity index (χ1n) is 3.47. The molecular weight excluding hydrogens is 164 g/mol. The van der Waals surface area contributed by atoms with Crippen molar-refractivity contribution in [2.45, 2.75) is 12.5 Å². The molecule has 1 aliphatic heterocycles. The number of carbonyl (C=O) groups is 1. The van der Waals surface area contributed by atoms with E-state index in [9.17, 15) is 15.0 Å². The summed E-state index contributed by atoms with van der Waals surface area (Å²) in [4.78, 5) is 13.0. The number of nitrogens with zero attached hydrogens (tertiary/aromatic N) is 2. The van der Waals surface area contributed by atoms with Crippen LogP contribution in [-0.4, -0.2) is 51.8 Å².